The van der Waals surface area contributed by atoms with Crippen molar-refractivity contribution >= 4 is 17.5 Å². The summed E-state index contributed by atoms with van der Waals surface area (Å²) in [5, 5.41) is 7.63. The van der Waals surface area contributed by atoms with Crippen LogP contribution in [0.1, 0.15) is 18.5 Å². The number of hydrogen-bond acceptors (Lipinski definition) is 5. The second-order valence-electron chi connectivity index (χ2n) is 7.02. The lowest BCUT2D eigenvalue weighted by Gasteiger charge is -2.16. The zero-order chi connectivity index (χ0) is 21.8. The molecule has 2 aromatic carbocycles. The third-order valence-electron chi connectivity index (χ3n) is 4.84. The van der Waals surface area contributed by atoms with Gasteiger partial charge in [0.15, 0.2) is 0 Å². The average molecular weight is 437 g/mol. The number of ether oxygens (including phenoxy) is 1. The molecule has 0 aliphatic rings. The monoisotopic (exact) mass is 436 g/mol. The summed E-state index contributed by atoms with van der Waals surface area (Å²) in [6.07, 6.45) is 1.80. The molecule has 4 aromatic rings. The molecule has 0 spiro atoms. The molecule has 0 unspecified atom stereocenters. The van der Waals surface area contributed by atoms with Crippen molar-refractivity contribution in [2.75, 3.05) is 7.11 Å². The minimum absolute atomic E-state index is 0.117. The zero-order valence-corrected chi connectivity index (χ0v) is 17.8. The van der Waals surface area contributed by atoms with Crippen molar-refractivity contribution in [2.24, 2.45) is 0 Å². The Morgan fingerprint density at radius 3 is 2.84 bits per heavy atom. The first-order chi connectivity index (χ1) is 15.0. The Balaban J connectivity index is 1.47. The fourth-order valence-electron chi connectivity index (χ4n) is 3.25. The maximum atomic E-state index is 12.7. The van der Waals surface area contributed by atoms with E-state index in [1.54, 1.807) is 30.0 Å². The largest absolute Gasteiger partial charge is 0.497 e. The average Bonchev–Trinajstić information content (AvgIpc) is 3.43. The number of rotatable bonds is 7. The van der Waals surface area contributed by atoms with E-state index in [0.717, 1.165) is 16.9 Å². The summed E-state index contributed by atoms with van der Waals surface area (Å²) < 4.78 is 12.5. The van der Waals surface area contributed by atoms with Crippen LogP contribution < -0.4 is 10.1 Å². The van der Waals surface area contributed by atoms with E-state index in [1.807, 2.05) is 55.5 Å². The lowest BCUT2D eigenvalue weighted by atomic mass is 10.1. The molecule has 0 bridgehead atoms. The standard InChI is InChI=1S/C23H21ClN4O3/c1-15(16-6-4-9-19(13-16)30-2)25-21(29)14-28-11-5-10-20(28)23-26-22(27-31-23)17-7-3-8-18(24)12-17/h3-13,15H,14H2,1-2H3,(H,25,29)/t15-/m1/s1. The van der Waals surface area contributed by atoms with Gasteiger partial charge in [-0.3, -0.25) is 4.79 Å². The molecule has 8 heteroatoms. The Labute approximate surface area is 184 Å². The van der Waals surface area contributed by atoms with Gasteiger partial charge in [-0.25, -0.2) is 0 Å². The Morgan fingerprint density at radius 1 is 1.19 bits per heavy atom. The van der Waals surface area contributed by atoms with Crippen LogP contribution in [0, 0.1) is 0 Å². The van der Waals surface area contributed by atoms with E-state index in [-0.39, 0.29) is 18.5 Å². The summed E-state index contributed by atoms with van der Waals surface area (Å²) in [6, 6.07) is 18.3. The summed E-state index contributed by atoms with van der Waals surface area (Å²) in [7, 11) is 1.62. The van der Waals surface area contributed by atoms with Crippen LogP contribution in [0.3, 0.4) is 0 Å². The van der Waals surface area contributed by atoms with Gasteiger partial charge in [-0.05, 0) is 48.9 Å². The number of carbonyl (C=O) groups is 1. The number of hydrogen-bond donors (Lipinski definition) is 1. The van der Waals surface area contributed by atoms with Crippen LogP contribution in [-0.4, -0.2) is 27.7 Å². The number of amides is 1. The highest BCUT2D eigenvalue weighted by Crippen LogP contribution is 2.25. The third kappa shape index (κ3) is 4.78. The molecule has 7 nitrogen and oxygen atoms in total. The molecule has 0 aliphatic carbocycles. The number of halogens is 1. The fraction of sp³-hybridized carbons (Fsp3) is 0.174. The molecule has 1 atom stereocenters. The van der Waals surface area contributed by atoms with Gasteiger partial charge in [-0.2, -0.15) is 4.98 Å². The lowest BCUT2D eigenvalue weighted by Crippen LogP contribution is -2.30. The van der Waals surface area contributed by atoms with Gasteiger partial charge in [-0.1, -0.05) is 41.0 Å². The number of benzene rings is 2. The van der Waals surface area contributed by atoms with Crippen LogP contribution in [0.25, 0.3) is 23.0 Å². The summed E-state index contributed by atoms with van der Waals surface area (Å²) in [4.78, 5) is 17.1. The van der Waals surface area contributed by atoms with E-state index in [2.05, 4.69) is 15.5 Å². The van der Waals surface area contributed by atoms with E-state index >= 15 is 0 Å². The van der Waals surface area contributed by atoms with E-state index in [9.17, 15) is 4.79 Å². The van der Waals surface area contributed by atoms with Crippen LogP contribution >= 0.6 is 11.6 Å². The number of aromatic nitrogens is 3. The normalized spacial score (nSPS) is 11.8. The molecule has 2 heterocycles. The van der Waals surface area contributed by atoms with Gasteiger partial charge in [0.05, 0.1) is 13.2 Å². The molecule has 0 saturated carbocycles. The van der Waals surface area contributed by atoms with Crippen LogP contribution in [0.2, 0.25) is 5.02 Å². The highest BCUT2D eigenvalue weighted by atomic mass is 35.5. The minimum Gasteiger partial charge on any atom is -0.497 e. The Bertz CT molecular complexity index is 1200. The second kappa shape index (κ2) is 9.06. The SMILES string of the molecule is COc1cccc([C@@H](C)NC(=O)Cn2cccc2-c2nc(-c3cccc(Cl)c3)no2)c1. The maximum Gasteiger partial charge on any atom is 0.274 e. The number of nitrogens with one attached hydrogen (secondary N) is 1. The first-order valence-corrected chi connectivity index (χ1v) is 10.1. The van der Waals surface area contributed by atoms with Crippen molar-refractivity contribution in [3.05, 3.63) is 77.4 Å². The van der Waals surface area contributed by atoms with Crippen LogP contribution in [0.5, 0.6) is 5.75 Å². The van der Waals surface area contributed by atoms with Gasteiger partial charge in [0.1, 0.15) is 18.0 Å². The number of nitrogens with zero attached hydrogens (tertiary/aromatic N) is 3. The topological polar surface area (TPSA) is 82.2 Å². The fourth-order valence-corrected chi connectivity index (χ4v) is 3.44. The molecule has 4 rings (SSSR count). The molecular formula is C23H21ClN4O3. The smallest absolute Gasteiger partial charge is 0.274 e. The van der Waals surface area contributed by atoms with Crippen molar-refractivity contribution in [3.8, 4) is 28.7 Å². The highest BCUT2D eigenvalue weighted by molar-refractivity contribution is 6.30. The predicted octanol–water partition coefficient (Wildman–Crippen LogP) is 4.74. The Morgan fingerprint density at radius 2 is 2.03 bits per heavy atom. The molecule has 31 heavy (non-hydrogen) atoms. The van der Waals surface area contributed by atoms with Crippen molar-refractivity contribution < 1.29 is 14.1 Å². The van der Waals surface area contributed by atoms with Crippen molar-refractivity contribution in [2.45, 2.75) is 19.5 Å². The summed E-state index contributed by atoms with van der Waals surface area (Å²) in [6.45, 7) is 2.05. The van der Waals surface area contributed by atoms with Crippen LogP contribution in [0.15, 0.2) is 71.4 Å². The molecule has 0 saturated heterocycles. The first-order valence-electron chi connectivity index (χ1n) is 9.72. The number of carbonyl (C=O) groups excluding carboxylic acids is 1. The Kier molecular flexibility index (Phi) is 6.04. The van der Waals surface area contributed by atoms with Crippen molar-refractivity contribution in [1.82, 2.24) is 20.0 Å². The van der Waals surface area contributed by atoms with Gasteiger partial charge in [-0.15, -0.1) is 0 Å². The van der Waals surface area contributed by atoms with Gasteiger partial charge in [0, 0.05) is 16.8 Å². The Hall–Kier alpha value is -3.58. The van der Waals surface area contributed by atoms with E-state index in [1.165, 1.54) is 0 Å². The molecule has 1 amide bonds. The highest BCUT2D eigenvalue weighted by Gasteiger charge is 2.17. The molecule has 0 aliphatic heterocycles. The van der Waals surface area contributed by atoms with Gasteiger partial charge >= 0.3 is 0 Å². The predicted molar refractivity (Wildman–Crippen MR) is 118 cm³/mol. The maximum absolute atomic E-state index is 12.7. The van der Waals surface area contributed by atoms with Crippen molar-refractivity contribution in [3.63, 3.8) is 0 Å². The van der Waals surface area contributed by atoms with Crippen molar-refractivity contribution in [1.29, 1.82) is 0 Å². The summed E-state index contributed by atoms with van der Waals surface area (Å²) >= 11 is 6.04. The molecular weight excluding hydrogens is 416 g/mol. The minimum atomic E-state index is -0.167. The van der Waals surface area contributed by atoms with Gasteiger partial charge < -0.3 is 19.1 Å². The molecule has 158 valence electrons. The molecule has 1 N–H and O–H groups in total. The van der Waals surface area contributed by atoms with Crippen LogP contribution in [0.4, 0.5) is 0 Å². The molecule has 0 fully saturated rings. The third-order valence-corrected chi connectivity index (χ3v) is 5.08. The zero-order valence-electron chi connectivity index (χ0n) is 17.1. The summed E-state index contributed by atoms with van der Waals surface area (Å²) in [5.41, 5.74) is 2.37. The molecule has 0 radical (unpaired) electrons. The van der Waals surface area contributed by atoms with Gasteiger partial charge in [0.2, 0.25) is 11.7 Å². The van der Waals surface area contributed by atoms with Crippen LogP contribution in [-0.2, 0) is 11.3 Å². The van der Waals surface area contributed by atoms with E-state index in [0.29, 0.717) is 22.4 Å². The second-order valence-corrected chi connectivity index (χ2v) is 7.46. The van der Waals surface area contributed by atoms with Gasteiger partial charge in [0.25, 0.3) is 5.89 Å². The van der Waals surface area contributed by atoms with E-state index < -0.39 is 0 Å². The number of methoxy groups -OCH3 is 1. The van der Waals surface area contributed by atoms with E-state index in [4.69, 9.17) is 20.9 Å². The molecule has 2 aromatic heterocycles. The first kappa shape index (κ1) is 20.7. The quantitative estimate of drug-likeness (QED) is 0.452. The lowest BCUT2D eigenvalue weighted by molar-refractivity contribution is -0.122. The summed E-state index contributed by atoms with van der Waals surface area (Å²) in [5.74, 6) is 1.37.